The molecule has 5 amide bonds. The van der Waals surface area contributed by atoms with E-state index in [0.717, 1.165) is 21.5 Å². The number of ether oxygens (including phenoxy) is 1. The number of hydrogen-bond donors (Lipinski definition) is 10. The summed E-state index contributed by atoms with van der Waals surface area (Å²) >= 11 is 1.38. The molecular formula is C40H51N9O11S. The zero-order chi connectivity index (χ0) is 44.4. The summed E-state index contributed by atoms with van der Waals surface area (Å²) < 4.78 is 6.86. The third kappa shape index (κ3) is 12.0. The van der Waals surface area contributed by atoms with Gasteiger partial charge in [-0.25, -0.2) is 14.4 Å². The number of aliphatic hydroxyl groups is 1. The summed E-state index contributed by atoms with van der Waals surface area (Å²) in [6, 6.07) is 7.39. The number of rotatable bonds is 19. The van der Waals surface area contributed by atoms with E-state index in [0.29, 0.717) is 16.9 Å². The van der Waals surface area contributed by atoms with Gasteiger partial charge in [-0.2, -0.15) is 11.8 Å². The molecule has 0 aliphatic carbocycles. The SMILES string of the molecule is CSCC[C@H](NC(=O)N[C@@H](Cc1c[nH]c2ccccc12)C(=O)O)C(=O)N[C@H](C(=O)NC[C@H]1C[C@@H](O)[C@H](n2ccc(=O)[nH]c2=O)O1)[C@H](C)N(C)C(=O)[C@@H](N)Cc1cccc(O)c1. The summed E-state index contributed by atoms with van der Waals surface area (Å²) in [4.78, 5) is 97.7. The van der Waals surface area contributed by atoms with Crippen molar-refractivity contribution in [3.63, 3.8) is 0 Å². The molecule has 4 aromatic rings. The van der Waals surface area contributed by atoms with Crippen molar-refractivity contribution in [3.8, 4) is 5.75 Å². The summed E-state index contributed by atoms with van der Waals surface area (Å²) in [5, 5.41) is 41.7. The number of aromatic amines is 2. The van der Waals surface area contributed by atoms with E-state index in [1.807, 2.05) is 18.2 Å². The number of para-hydroxylation sites is 1. The van der Waals surface area contributed by atoms with Crippen LogP contribution in [0.15, 0.2) is 76.6 Å². The molecule has 2 aromatic heterocycles. The Bertz CT molecular complexity index is 2320. The van der Waals surface area contributed by atoms with Crippen molar-refractivity contribution in [1.82, 2.24) is 40.7 Å². The van der Waals surface area contributed by atoms with Crippen molar-refractivity contribution in [2.75, 3.05) is 25.6 Å². The number of hydrogen-bond acceptors (Lipinski definition) is 12. The van der Waals surface area contributed by atoms with Gasteiger partial charge in [-0.05, 0) is 61.1 Å². The van der Waals surface area contributed by atoms with Crippen LogP contribution in [0.25, 0.3) is 10.9 Å². The first-order valence-electron chi connectivity index (χ1n) is 19.4. The lowest BCUT2D eigenvalue weighted by atomic mass is 10.0. The maximum absolute atomic E-state index is 14.1. The Morgan fingerprint density at radius 1 is 1.02 bits per heavy atom. The maximum Gasteiger partial charge on any atom is 0.330 e. The van der Waals surface area contributed by atoms with Gasteiger partial charge < -0.3 is 56.9 Å². The fourth-order valence-corrected chi connectivity index (χ4v) is 7.49. The highest BCUT2D eigenvalue weighted by molar-refractivity contribution is 7.98. The molecule has 0 bridgehead atoms. The summed E-state index contributed by atoms with van der Waals surface area (Å²) in [6.45, 7) is 1.30. The standard InChI is InChI=1S/C40H51N9O11S/c1-21(48(2)36(55)27(41)16-22-7-6-8-24(50)15-22)33(35(54)43-20-25-18-31(51)37(60-25)49-13-11-32(52)46-40(49)59)47-34(53)29(12-14-61-3)44-39(58)45-30(38(56)57)17-23-19-42-28-10-5-4-9-26(23)28/h4-11,13,15,19,21,25,27,29-31,33,37,42,50-51H,12,14,16-18,20,41H2,1-3H3,(H,43,54)(H,47,53)(H,56,57)(H2,44,45,58)(H,46,52,59)/t21-,25+,27-,29-,30-,31+,33-,37+/m0/s1. The van der Waals surface area contributed by atoms with Crippen LogP contribution in [0.3, 0.4) is 0 Å². The molecule has 0 unspecified atom stereocenters. The molecule has 0 spiro atoms. The van der Waals surface area contributed by atoms with Crippen LogP contribution in [0.4, 0.5) is 4.79 Å². The van der Waals surface area contributed by atoms with Gasteiger partial charge in [0.05, 0.1) is 18.2 Å². The van der Waals surface area contributed by atoms with E-state index >= 15 is 0 Å². The highest BCUT2D eigenvalue weighted by Crippen LogP contribution is 2.27. The molecule has 1 fully saturated rings. The van der Waals surface area contributed by atoms with Gasteiger partial charge in [-0.1, -0.05) is 30.3 Å². The number of thioether (sulfide) groups is 1. The average Bonchev–Trinajstić information content (AvgIpc) is 3.81. The number of aromatic nitrogens is 3. The quantitative estimate of drug-likeness (QED) is 0.0570. The first-order valence-corrected chi connectivity index (χ1v) is 20.8. The average molecular weight is 866 g/mol. The number of carbonyl (C=O) groups excluding carboxylic acids is 4. The maximum atomic E-state index is 14.1. The molecule has 11 N–H and O–H groups in total. The number of nitrogens with two attached hydrogens (primary N) is 1. The molecule has 0 saturated carbocycles. The number of likely N-dealkylation sites (N-methyl/N-ethyl adjacent to an activating group) is 1. The molecule has 20 nitrogen and oxygen atoms in total. The molecule has 328 valence electrons. The van der Waals surface area contributed by atoms with Crippen LogP contribution in [0.5, 0.6) is 5.75 Å². The van der Waals surface area contributed by atoms with E-state index < -0.39 is 89.6 Å². The molecule has 0 radical (unpaired) electrons. The van der Waals surface area contributed by atoms with Crippen molar-refractivity contribution < 1.29 is 44.0 Å². The molecule has 2 aromatic carbocycles. The van der Waals surface area contributed by atoms with Gasteiger partial charge in [0.1, 0.15) is 30.0 Å². The number of benzene rings is 2. The number of nitrogens with zero attached hydrogens (tertiary/aromatic N) is 2. The Labute approximate surface area is 353 Å². The number of aliphatic carboxylic acids is 1. The Morgan fingerprint density at radius 2 is 1.75 bits per heavy atom. The zero-order valence-corrected chi connectivity index (χ0v) is 34.5. The van der Waals surface area contributed by atoms with Gasteiger partial charge in [0.25, 0.3) is 5.56 Å². The molecule has 1 saturated heterocycles. The van der Waals surface area contributed by atoms with Crippen LogP contribution < -0.4 is 38.2 Å². The Kier molecular flexibility index (Phi) is 15.7. The van der Waals surface area contributed by atoms with E-state index in [2.05, 4.69) is 31.2 Å². The van der Waals surface area contributed by atoms with E-state index in [9.17, 15) is 48.9 Å². The number of carboxylic acid groups (broad SMARTS) is 1. The van der Waals surface area contributed by atoms with Gasteiger partial charge in [0.15, 0.2) is 6.23 Å². The topological polar surface area (TPSA) is 303 Å². The van der Waals surface area contributed by atoms with E-state index in [-0.39, 0.29) is 38.0 Å². The number of phenolic OH excluding ortho intramolecular Hbond substituents is 1. The molecule has 5 rings (SSSR count). The lowest BCUT2D eigenvalue weighted by Gasteiger charge is -2.34. The van der Waals surface area contributed by atoms with E-state index in [1.54, 1.807) is 30.7 Å². The van der Waals surface area contributed by atoms with Gasteiger partial charge in [0, 0.05) is 55.8 Å². The van der Waals surface area contributed by atoms with Crippen LogP contribution >= 0.6 is 11.8 Å². The second kappa shape index (κ2) is 20.9. The van der Waals surface area contributed by atoms with Crippen molar-refractivity contribution in [1.29, 1.82) is 0 Å². The number of aliphatic hydroxyl groups excluding tert-OH is 1. The number of carbonyl (C=O) groups is 5. The third-order valence-corrected chi connectivity index (χ3v) is 11.1. The first kappa shape index (κ1) is 45.9. The van der Waals surface area contributed by atoms with Crippen LogP contribution in [0.1, 0.15) is 37.1 Å². The molecular weight excluding hydrogens is 815 g/mol. The number of H-pyrrole nitrogens is 2. The Balaban J connectivity index is 1.31. The number of carboxylic acids is 1. The monoisotopic (exact) mass is 865 g/mol. The smallest absolute Gasteiger partial charge is 0.330 e. The van der Waals surface area contributed by atoms with Crippen LogP contribution in [-0.4, -0.2) is 132 Å². The minimum atomic E-state index is -1.46. The highest BCUT2D eigenvalue weighted by Gasteiger charge is 2.39. The summed E-state index contributed by atoms with van der Waals surface area (Å²) in [5.41, 5.74) is 6.88. The number of urea groups is 1. The van der Waals surface area contributed by atoms with E-state index in [1.165, 1.54) is 49.0 Å². The van der Waals surface area contributed by atoms with Gasteiger partial charge in [0.2, 0.25) is 17.7 Å². The predicted molar refractivity (Wildman–Crippen MR) is 225 cm³/mol. The lowest BCUT2D eigenvalue weighted by molar-refractivity contribution is -0.139. The zero-order valence-electron chi connectivity index (χ0n) is 33.7. The van der Waals surface area contributed by atoms with Gasteiger partial charge in [-0.15, -0.1) is 0 Å². The molecule has 21 heteroatoms. The molecule has 61 heavy (non-hydrogen) atoms. The van der Waals surface area contributed by atoms with E-state index in [4.69, 9.17) is 10.5 Å². The van der Waals surface area contributed by atoms with Crippen LogP contribution in [0.2, 0.25) is 0 Å². The number of amides is 5. The molecule has 3 heterocycles. The van der Waals surface area contributed by atoms with Crippen molar-refractivity contribution in [2.24, 2.45) is 5.73 Å². The highest BCUT2D eigenvalue weighted by atomic mass is 32.2. The molecule has 8 atom stereocenters. The Hall–Kier alpha value is -6.16. The van der Waals surface area contributed by atoms with Gasteiger partial charge >= 0.3 is 17.7 Å². The van der Waals surface area contributed by atoms with Gasteiger partial charge in [-0.3, -0.25) is 28.7 Å². The fourth-order valence-electron chi connectivity index (χ4n) is 7.02. The Morgan fingerprint density at radius 3 is 2.46 bits per heavy atom. The number of aromatic hydroxyl groups is 1. The normalized spacial score (nSPS) is 18.6. The van der Waals surface area contributed by atoms with Crippen molar-refractivity contribution >= 4 is 52.4 Å². The largest absolute Gasteiger partial charge is 0.508 e. The molecule has 1 aliphatic rings. The minimum absolute atomic E-state index is 0.0137. The fraction of sp³-hybridized carbons (Fsp3) is 0.425. The van der Waals surface area contributed by atoms with Crippen molar-refractivity contribution in [2.45, 2.75) is 81.3 Å². The minimum Gasteiger partial charge on any atom is -0.508 e. The van der Waals surface area contributed by atoms with Crippen LogP contribution in [0, 0.1) is 0 Å². The first-order chi connectivity index (χ1) is 29.1. The third-order valence-electron chi connectivity index (χ3n) is 10.4. The second-order valence-corrected chi connectivity index (χ2v) is 15.8. The lowest BCUT2D eigenvalue weighted by Crippen LogP contribution is -2.63. The van der Waals surface area contributed by atoms with Crippen LogP contribution in [-0.2, 0) is 36.8 Å². The second-order valence-electron chi connectivity index (χ2n) is 14.8. The number of phenols is 1. The predicted octanol–water partition coefficient (Wildman–Crippen LogP) is -0.493. The summed E-state index contributed by atoms with van der Waals surface area (Å²) in [6.07, 6.45) is 1.48. The van der Waals surface area contributed by atoms with Crippen molar-refractivity contribution in [3.05, 3.63) is 99.0 Å². The number of nitrogens with one attached hydrogen (secondary N) is 6. The molecule has 1 aliphatic heterocycles. The summed E-state index contributed by atoms with van der Waals surface area (Å²) in [5.74, 6) is -3.11. The summed E-state index contributed by atoms with van der Waals surface area (Å²) in [7, 11) is 1.40. The number of fused-ring (bicyclic) bond motifs is 1.